The number of nitrogens with zero attached hydrogens (tertiary/aromatic N) is 1. The molecule has 0 saturated heterocycles. The van der Waals surface area contributed by atoms with Crippen molar-refractivity contribution in [2.24, 2.45) is 0 Å². The van der Waals surface area contributed by atoms with Gasteiger partial charge in [-0.05, 0) is 25.0 Å². The van der Waals surface area contributed by atoms with Crippen LogP contribution in [0.5, 0.6) is 5.75 Å². The highest BCUT2D eigenvalue weighted by molar-refractivity contribution is 8.01. The number of fused-ring (bicyclic) bond motifs is 1. The van der Waals surface area contributed by atoms with E-state index in [4.69, 9.17) is 5.11 Å². The van der Waals surface area contributed by atoms with Gasteiger partial charge >= 0.3 is 5.97 Å². The Morgan fingerprint density at radius 2 is 2.16 bits per heavy atom. The number of hydrogen-bond acceptors (Lipinski definition) is 5. The van der Waals surface area contributed by atoms with Gasteiger partial charge in [0.25, 0.3) is 0 Å². The summed E-state index contributed by atoms with van der Waals surface area (Å²) in [5, 5.41) is 18.2. The van der Waals surface area contributed by atoms with Gasteiger partial charge in [-0.1, -0.05) is 24.2 Å². The molecular formula is C13H15NO3S2. The van der Waals surface area contributed by atoms with Crippen LogP contribution in [0.3, 0.4) is 0 Å². The van der Waals surface area contributed by atoms with E-state index in [-0.39, 0.29) is 12.2 Å². The van der Waals surface area contributed by atoms with Crippen LogP contribution in [-0.2, 0) is 4.79 Å². The minimum absolute atomic E-state index is 0.224. The summed E-state index contributed by atoms with van der Waals surface area (Å²) >= 11 is 3.24. The van der Waals surface area contributed by atoms with Gasteiger partial charge < -0.3 is 10.2 Å². The van der Waals surface area contributed by atoms with Gasteiger partial charge in [-0.15, -0.1) is 11.3 Å². The van der Waals surface area contributed by atoms with E-state index < -0.39 is 5.97 Å². The largest absolute Gasteiger partial charge is 0.506 e. The lowest BCUT2D eigenvalue weighted by Gasteiger charge is -1.97. The van der Waals surface area contributed by atoms with Crippen LogP contribution in [0.15, 0.2) is 22.5 Å². The predicted octanol–water partition coefficient (Wildman–Crippen LogP) is 3.74. The van der Waals surface area contributed by atoms with Crippen molar-refractivity contribution in [3.63, 3.8) is 0 Å². The number of phenols is 1. The van der Waals surface area contributed by atoms with E-state index in [0.717, 1.165) is 34.1 Å². The standard InChI is InChI=1S/C13H15NO3S2/c15-9-5-4-6-10-12(9)14-13(19-10)18-8-3-1-2-7-11(16)17/h4-6,15H,1-3,7-8H2,(H,16,17). The van der Waals surface area contributed by atoms with Crippen LogP contribution in [0, 0.1) is 0 Å². The highest BCUT2D eigenvalue weighted by Crippen LogP contribution is 2.33. The number of carboxylic acid groups (broad SMARTS) is 1. The zero-order valence-electron chi connectivity index (χ0n) is 10.3. The molecule has 0 amide bonds. The third kappa shape index (κ3) is 4.11. The van der Waals surface area contributed by atoms with Crippen molar-refractivity contribution in [2.45, 2.75) is 30.0 Å². The molecule has 2 aromatic rings. The highest BCUT2D eigenvalue weighted by atomic mass is 32.2. The van der Waals surface area contributed by atoms with E-state index in [2.05, 4.69) is 4.98 Å². The average Bonchev–Trinajstić information content (AvgIpc) is 2.78. The maximum atomic E-state index is 10.3. The quantitative estimate of drug-likeness (QED) is 0.602. The molecule has 6 heteroatoms. The average molecular weight is 297 g/mol. The zero-order chi connectivity index (χ0) is 13.7. The van der Waals surface area contributed by atoms with Crippen molar-refractivity contribution in [3.05, 3.63) is 18.2 Å². The zero-order valence-corrected chi connectivity index (χ0v) is 12.0. The van der Waals surface area contributed by atoms with Gasteiger partial charge in [0, 0.05) is 12.2 Å². The molecule has 4 nitrogen and oxygen atoms in total. The molecule has 0 aliphatic rings. The first kappa shape index (κ1) is 14.1. The second kappa shape index (κ2) is 6.77. The van der Waals surface area contributed by atoms with Crippen molar-refractivity contribution < 1.29 is 15.0 Å². The summed E-state index contributed by atoms with van der Waals surface area (Å²) in [7, 11) is 0. The number of aliphatic carboxylic acids is 1. The van der Waals surface area contributed by atoms with Gasteiger partial charge in [0.15, 0.2) is 4.34 Å². The molecule has 1 aromatic carbocycles. The number of rotatable bonds is 7. The second-order valence-electron chi connectivity index (χ2n) is 4.16. The number of carboxylic acids is 1. The molecule has 0 bridgehead atoms. The Hall–Kier alpha value is -1.27. The number of unbranched alkanes of at least 4 members (excludes halogenated alkanes) is 2. The molecule has 0 atom stereocenters. The first-order valence-electron chi connectivity index (χ1n) is 6.10. The lowest BCUT2D eigenvalue weighted by molar-refractivity contribution is -0.137. The third-order valence-electron chi connectivity index (χ3n) is 2.64. The molecule has 2 N–H and O–H groups in total. The molecule has 0 fully saturated rings. The number of benzene rings is 1. The minimum atomic E-state index is -0.727. The number of para-hydroxylation sites is 1. The summed E-state index contributed by atoms with van der Waals surface area (Å²) in [6.45, 7) is 0. The molecular weight excluding hydrogens is 282 g/mol. The number of aromatic hydroxyl groups is 1. The Morgan fingerprint density at radius 1 is 1.32 bits per heavy atom. The van der Waals surface area contributed by atoms with E-state index in [9.17, 15) is 9.90 Å². The van der Waals surface area contributed by atoms with Crippen LogP contribution in [0.2, 0.25) is 0 Å². The van der Waals surface area contributed by atoms with E-state index in [1.54, 1.807) is 29.2 Å². The third-order valence-corrected chi connectivity index (χ3v) is 4.89. The molecule has 0 aliphatic heterocycles. The number of aromatic nitrogens is 1. The van der Waals surface area contributed by atoms with E-state index >= 15 is 0 Å². The minimum Gasteiger partial charge on any atom is -0.506 e. The van der Waals surface area contributed by atoms with Crippen LogP contribution >= 0.6 is 23.1 Å². The Kier molecular flexibility index (Phi) is 5.04. The summed E-state index contributed by atoms with van der Waals surface area (Å²) in [6, 6.07) is 5.40. The molecule has 0 unspecified atom stereocenters. The van der Waals surface area contributed by atoms with Crippen molar-refractivity contribution in [1.82, 2.24) is 4.98 Å². The van der Waals surface area contributed by atoms with E-state index in [1.165, 1.54) is 0 Å². The SMILES string of the molecule is O=C(O)CCCCCSc1nc2c(O)cccc2s1. The summed E-state index contributed by atoms with van der Waals surface area (Å²) < 4.78 is 1.95. The van der Waals surface area contributed by atoms with Gasteiger partial charge in [-0.3, -0.25) is 4.79 Å². The van der Waals surface area contributed by atoms with E-state index in [0.29, 0.717) is 5.52 Å². The lowest BCUT2D eigenvalue weighted by Crippen LogP contribution is -1.93. The molecule has 2 rings (SSSR count). The van der Waals surface area contributed by atoms with Crippen LogP contribution in [0.4, 0.5) is 0 Å². The predicted molar refractivity (Wildman–Crippen MR) is 78.1 cm³/mol. The fourth-order valence-electron chi connectivity index (χ4n) is 1.69. The first-order valence-corrected chi connectivity index (χ1v) is 7.90. The Bertz CT molecular complexity index is 568. The van der Waals surface area contributed by atoms with Crippen LogP contribution in [0.1, 0.15) is 25.7 Å². The van der Waals surface area contributed by atoms with Gasteiger partial charge in [-0.2, -0.15) is 0 Å². The number of carbonyl (C=O) groups is 1. The second-order valence-corrected chi connectivity index (χ2v) is 6.53. The number of thiazole rings is 1. The van der Waals surface area contributed by atoms with Crippen LogP contribution < -0.4 is 0 Å². The normalized spacial score (nSPS) is 10.9. The molecule has 1 heterocycles. The highest BCUT2D eigenvalue weighted by Gasteiger charge is 2.07. The maximum Gasteiger partial charge on any atom is 0.303 e. The van der Waals surface area contributed by atoms with E-state index in [1.807, 2.05) is 12.1 Å². The van der Waals surface area contributed by atoms with Crippen molar-refractivity contribution in [2.75, 3.05) is 5.75 Å². The first-order chi connectivity index (χ1) is 9.16. The molecule has 0 aliphatic carbocycles. The van der Waals surface area contributed by atoms with Gasteiger partial charge in [-0.25, -0.2) is 4.98 Å². The van der Waals surface area contributed by atoms with Crippen LogP contribution in [-0.4, -0.2) is 26.9 Å². The maximum absolute atomic E-state index is 10.3. The van der Waals surface area contributed by atoms with Gasteiger partial charge in [0.1, 0.15) is 11.3 Å². The molecule has 0 spiro atoms. The van der Waals surface area contributed by atoms with Crippen molar-refractivity contribution in [1.29, 1.82) is 0 Å². The molecule has 102 valence electrons. The van der Waals surface area contributed by atoms with Crippen molar-refractivity contribution >= 4 is 39.3 Å². The molecule has 0 radical (unpaired) electrons. The summed E-state index contributed by atoms with van der Waals surface area (Å²) in [4.78, 5) is 14.7. The summed E-state index contributed by atoms with van der Waals surface area (Å²) in [6.07, 6.45) is 2.89. The fraction of sp³-hybridized carbons (Fsp3) is 0.385. The summed E-state index contributed by atoms with van der Waals surface area (Å²) in [5.74, 6) is 0.427. The smallest absolute Gasteiger partial charge is 0.303 e. The number of hydrogen-bond donors (Lipinski definition) is 2. The molecule has 0 saturated carbocycles. The Labute approximate surface area is 119 Å². The van der Waals surface area contributed by atoms with Crippen molar-refractivity contribution in [3.8, 4) is 5.75 Å². The fourth-order valence-corrected chi connectivity index (χ4v) is 3.84. The topological polar surface area (TPSA) is 70.4 Å². The van der Waals surface area contributed by atoms with Crippen LogP contribution in [0.25, 0.3) is 10.2 Å². The van der Waals surface area contributed by atoms with Gasteiger partial charge in [0.05, 0.1) is 4.70 Å². The van der Waals surface area contributed by atoms with Gasteiger partial charge in [0.2, 0.25) is 0 Å². The molecule has 1 aromatic heterocycles. The Morgan fingerprint density at radius 3 is 2.89 bits per heavy atom. The number of thioether (sulfide) groups is 1. The lowest BCUT2D eigenvalue weighted by atomic mass is 10.2. The number of phenolic OH excluding ortho intramolecular Hbond substituents is 1. The Balaban J connectivity index is 1.79. The monoisotopic (exact) mass is 297 g/mol. The summed E-state index contributed by atoms with van der Waals surface area (Å²) in [5.41, 5.74) is 0.667. The molecule has 19 heavy (non-hydrogen) atoms.